The van der Waals surface area contributed by atoms with Gasteiger partial charge in [0.05, 0.1) is 6.61 Å². The summed E-state index contributed by atoms with van der Waals surface area (Å²) < 4.78 is 11.0. The Morgan fingerprint density at radius 1 is 1.35 bits per heavy atom. The van der Waals surface area contributed by atoms with Gasteiger partial charge in [-0.05, 0) is 37.6 Å². The second kappa shape index (κ2) is 6.97. The largest absolute Gasteiger partial charge is 0.490 e. The zero-order valence-corrected chi connectivity index (χ0v) is 10.7. The molecule has 0 N–H and O–H groups in total. The Kier molecular flexibility index (Phi) is 5.57. The predicted octanol–water partition coefficient (Wildman–Crippen LogP) is 3.42. The number of hydrogen-bond acceptors (Lipinski definition) is 3. The summed E-state index contributed by atoms with van der Waals surface area (Å²) in [6, 6.07) is 5.06. The second-order valence-electron chi connectivity index (χ2n) is 3.50. The summed E-state index contributed by atoms with van der Waals surface area (Å²) >= 11 is 5.55. The Bertz CT molecular complexity index is 413. The van der Waals surface area contributed by atoms with Crippen molar-refractivity contribution in [2.24, 2.45) is 0 Å². The highest BCUT2D eigenvalue weighted by molar-refractivity contribution is 6.25. The van der Waals surface area contributed by atoms with E-state index in [0.29, 0.717) is 30.3 Å². The van der Waals surface area contributed by atoms with E-state index in [1.807, 2.05) is 13.8 Å². The van der Waals surface area contributed by atoms with Gasteiger partial charge < -0.3 is 9.47 Å². The van der Waals surface area contributed by atoms with Crippen molar-refractivity contribution in [2.75, 3.05) is 13.2 Å². The molecule has 0 unspecified atom stereocenters. The summed E-state index contributed by atoms with van der Waals surface area (Å²) in [7, 11) is 0. The van der Waals surface area contributed by atoms with Crippen LogP contribution in [0, 0.1) is 0 Å². The van der Waals surface area contributed by atoms with E-state index in [0.717, 1.165) is 11.9 Å². The fourth-order valence-electron chi connectivity index (χ4n) is 1.21. The van der Waals surface area contributed by atoms with Crippen LogP contribution < -0.4 is 9.47 Å². The molecule has 0 aromatic heterocycles. The molecule has 0 spiro atoms. The van der Waals surface area contributed by atoms with Crippen LogP contribution in [0.5, 0.6) is 11.5 Å². The third kappa shape index (κ3) is 4.11. The molecule has 3 nitrogen and oxygen atoms in total. The molecule has 1 aromatic rings. The van der Waals surface area contributed by atoms with Crippen molar-refractivity contribution in [3.05, 3.63) is 34.9 Å². The highest BCUT2D eigenvalue weighted by atomic mass is 35.5. The third-order valence-electron chi connectivity index (χ3n) is 2.05. The van der Waals surface area contributed by atoms with E-state index >= 15 is 0 Å². The Morgan fingerprint density at radius 3 is 2.71 bits per heavy atom. The topological polar surface area (TPSA) is 35.5 Å². The van der Waals surface area contributed by atoms with Gasteiger partial charge in [-0.25, -0.2) is 0 Å². The van der Waals surface area contributed by atoms with Crippen molar-refractivity contribution in [2.45, 2.75) is 13.8 Å². The Labute approximate surface area is 106 Å². The molecule has 0 aliphatic rings. The van der Waals surface area contributed by atoms with E-state index in [4.69, 9.17) is 21.1 Å². The molecule has 0 aliphatic heterocycles. The fraction of sp³-hybridized carbons (Fsp3) is 0.308. The number of ether oxygens (including phenoxy) is 2. The SMILES string of the molecule is CCOc1cc(C=O)ccc1OC/C(C)=C/Cl. The van der Waals surface area contributed by atoms with Crippen molar-refractivity contribution >= 4 is 17.9 Å². The Balaban J connectivity index is 2.85. The highest BCUT2D eigenvalue weighted by Crippen LogP contribution is 2.28. The molecule has 0 bridgehead atoms. The molecule has 4 heteroatoms. The first-order chi connectivity index (χ1) is 8.21. The maximum atomic E-state index is 10.7. The quantitative estimate of drug-likeness (QED) is 0.730. The van der Waals surface area contributed by atoms with Gasteiger partial charge in [0.15, 0.2) is 11.5 Å². The van der Waals surface area contributed by atoms with E-state index in [1.54, 1.807) is 18.2 Å². The molecule has 92 valence electrons. The van der Waals surface area contributed by atoms with Gasteiger partial charge in [0, 0.05) is 11.1 Å². The summed E-state index contributed by atoms with van der Waals surface area (Å²) in [5.74, 6) is 1.18. The zero-order valence-electron chi connectivity index (χ0n) is 9.90. The molecule has 17 heavy (non-hydrogen) atoms. The molecular weight excluding hydrogens is 240 g/mol. The zero-order chi connectivity index (χ0) is 12.7. The van der Waals surface area contributed by atoms with Crippen molar-refractivity contribution in [1.82, 2.24) is 0 Å². The van der Waals surface area contributed by atoms with Gasteiger partial charge in [0.25, 0.3) is 0 Å². The monoisotopic (exact) mass is 254 g/mol. The van der Waals surface area contributed by atoms with E-state index < -0.39 is 0 Å². The molecule has 0 amide bonds. The van der Waals surface area contributed by atoms with Gasteiger partial charge in [-0.2, -0.15) is 0 Å². The van der Waals surface area contributed by atoms with Crippen LogP contribution in [0.1, 0.15) is 24.2 Å². The minimum atomic E-state index is 0.393. The lowest BCUT2D eigenvalue weighted by molar-refractivity contribution is 0.112. The number of benzene rings is 1. The Morgan fingerprint density at radius 2 is 2.12 bits per heavy atom. The molecule has 1 rings (SSSR count). The van der Waals surface area contributed by atoms with Crippen LogP contribution in [0.2, 0.25) is 0 Å². The summed E-state index contributed by atoms with van der Waals surface area (Å²) in [6.45, 7) is 4.65. The number of aldehydes is 1. The number of carbonyl (C=O) groups excluding carboxylic acids is 1. The van der Waals surface area contributed by atoms with Gasteiger partial charge >= 0.3 is 0 Å². The molecule has 0 saturated carbocycles. The number of hydrogen-bond donors (Lipinski definition) is 0. The van der Waals surface area contributed by atoms with Crippen molar-refractivity contribution < 1.29 is 14.3 Å². The highest BCUT2D eigenvalue weighted by Gasteiger charge is 2.06. The second-order valence-corrected chi connectivity index (χ2v) is 3.72. The lowest BCUT2D eigenvalue weighted by atomic mass is 10.2. The van der Waals surface area contributed by atoms with Crippen molar-refractivity contribution in [3.63, 3.8) is 0 Å². The average molecular weight is 255 g/mol. The van der Waals surface area contributed by atoms with Gasteiger partial charge in [-0.15, -0.1) is 0 Å². The van der Waals surface area contributed by atoms with Crippen LogP contribution in [0.3, 0.4) is 0 Å². The summed E-state index contributed by atoms with van der Waals surface area (Å²) in [5.41, 5.74) is 2.94. The van der Waals surface area contributed by atoms with E-state index in [2.05, 4.69) is 0 Å². The smallest absolute Gasteiger partial charge is 0.161 e. The van der Waals surface area contributed by atoms with Crippen LogP contribution in [-0.2, 0) is 0 Å². The maximum absolute atomic E-state index is 10.7. The van der Waals surface area contributed by atoms with E-state index in [9.17, 15) is 4.79 Å². The van der Waals surface area contributed by atoms with E-state index in [1.165, 1.54) is 5.54 Å². The molecule has 0 aliphatic carbocycles. The molecular formula is C13H15ClO3. The minimum Gasteiger partial charge on any atom is -0.490 e. The summed E-state index contributed by atoms with van der Waals surface area (Å²) in [6.07, 6.45) is 0.774. The number of halogens is 1. The lowest BCUT2D eigenvalue weighted by Gasteiger charge is -2.12. The van der Waals surface area contributed by atoms with Gasteiger partial charge in [-0.1, -0.05) is 11.6 Å². The van der Waals surface area contributed by atoms with Crippen LogP contribution in [0.25, 0.3) is 0 Å². The van der Waals surface area contributed by atoms with Crippen LogP contribution in [0.4, 0.5) is 0 Å². The first kappa shape index (κ1) is 13.6. The average Bonchev–Trinajstić information content (AvgIpc) is 2.37. The van der Waals surface area contributed by atoms with Crippen LogP contribution in [-0.4, -0.2) is 19.5 Å². The van der Waals surface area contributed by atoms with Gasteiger partial charge in [-0.3, -0.25) is 4.79 Å². The van der Waals surface area contributed by atoms with Gasteiger partial charge in [0.1, 0.15) is 12.9 Å². The Hall–Kier alpha value is -1.48. The lowest BCUT2D eigenvalue weighted by Crippen LogP contribution is -2.02. The molecule has 0 radical (unpaired) electrons. The molecule has 0 heterocycles. The van der Waals surface area contributed by atoms with Crippen molar-refractivity contribution in [1.29, 1.82) is 0 Å². The first-order valence-corrected chi connectivity index (χ1v) is 5.75. The van der Waals surface area contributed by atoms with Crippen LogP contribution in [0.15, 0.2) is 29.3 Å². The first-order valence-electron chi connectivity index (χ1n) is 5.32. The van der Waals surface area contributed by atoms with Crippen LogP contribution >= 0.6 is 11.6 Å². The molecule has 0 atom stereocenters. The molecule has 0 saturated heterocycles. The fourth-order valence-corrected chi connectivity index (χ4v) is 1.27. The normalized spacial score (nSPS) is 11.1. The predicted molar refractivity (Wildman–Crippen MR) is 68.1 cm³/mol. The van der Waals surface area contributed by atoms with Crippen molar-refractivity contribution in [3.8, 4) is 11.5 Å². The van der Waals surface area contributed by atoms with Gasteiger partial charge in [0.2, 0.25) is 0 Å². The molecule has 1 aromatic carbocycles. The maximum Gasteiger partial charge on any atom is 0.161 e. The third-order valence-corrected chi connectivity index (χ3v) is 2.42. The summed E-state index contributed by atoms with van der Waals surface area (Å²) in [4.78, 5) is 10.7. The minimum absolute atomic E-state index is 0.393. The van der Waals surface area contributed by atoms with E-state index in [-0.39, 0.29) is 0 Å². The number of carbonyl (C=O) groups is 1. The standard InChI is InChI=1S/C13H15ClO3/c1-3-16-13-6-11(8-15)4-5-12(13)17-9-10(2)7-14/h4-8H,3,9H2,1-2H3/b10-7+. The summed E-state index contributed by atoms with van der Waals surface area (Å²) in [5, 5.41) is 0. The molecule has 0 fully saturated rings. The number of rotatable bonds is 6.